The van der Waals surface area contributed by atoms with Crippen LogP contribution in [0.25, 0.3) is 0 Å². The predicted octanol–water partition coefficient (Wildman–Crippen LogP) is -1.17. The van der Waals surface area contributed by atoms with Crippen molar-refractivity contribution in [2.45, 2.75) is 37.6 Å². The number of aliphatic imine (C=N–C) groups is 1. The highest BCUT2D eigenvalue weighted by atomic mass is 16.6. The molecule has 8 heteroatoms. The highest BCUT2D eigenvalue weighted by Gasteiger charge is 2.43. The second-order valence-corrected chi connectivity index (χ2v) is 5.13. The number of aliphatic hydroxyl groups is 4. The Morgan fingerprint density at radius 3 is 2.61 bits per heavy atom. The molecule has 5 atom stereocenters. The lowest BCUT2D eigenvalue weighted by atomic mass is 9.98. The number of carbonyl (C=O) groups excluding carboxylic acids is 1. The zero-order valence-corrected chi connectivity index (χ0v) is 12.4. The van der Waals surface area contributed by atoms with Gasteiger partial charge in [-0.25, -0.2) is 0 Å². The summed E-state index contributed by atoms with van der Waals surface area (Å²) in [7, 11) is 0. The summed E-state index contributed by atoms with van der Waals surface area (Å²) in [6, 6.07) is 6.62. The third-order valence-corrected chi connectivity index (χ3v) is 3.40. The lowest BCUT2D eigenvalue weighted by molar-refractivity contribution is -0.226. The van der Waals surface area contributed by atoms with Gasteiger partial charge < -0.3 is 29.9 Å². The number of carbonyl (C=O) groups is 1. The van der Waals surface area contributed by atoms with Crippen LogP contribution in [0.4, 0.5) is 0 Å². The number of aliphatic hydroxyl groups excluding tert-OH is 4. The number of esters is 1. The Labute approximate surface area is 132 Å². The Morgan fingerprint density at radius 1 is 1.26 bits per heavy atom. The minimum Gasteiger partial charge on any atom is -0.426 e. The average molecular weight is 325 g/mol. The molecule has 1 saturated heterocycles. The molecule has 1 fully saturated rings. The van der Waals surface area contributed by atoms with E-state index in [4.69, 9.17) is 14.6 Å². The summed E-state index contributed by atoms with van der Waals surface area (Å²) in [6.07, 6.45) is -5.26. The highest BCUT2D eigenvalue weighted by molar-refractivity contribution is 5.85. The molecule has 0 aromatic heterocycles. The van der Waals surface area contributed by atoms with E-state index in [0.29, 0.717) is 5.56 Å². The molecule has 1 aromatic carbocycles. The van der Waals surface area contributed by atoms with Crippen LogP contribution < -0.4 is 4.74 Å². The van der Waals surface area contributed by atoms with E-state index < -0.39 is 43.2 Å². The Balaban J connectivity index is 2.17. The molecule has 1 aliphatic rings. The largest absolute Gasteiger partial charge is 0.426 e. The van der Waals surface area contributed by atoms with Crippen molar-refractivity contribution in [1.82, 2.24) is 0 Å². The first-order chi connectivity index (χ1) is 10.9. The second kappa shape index (κ2) is 7.62. The maximum absolute atomic E-state index is 11.1. The van der Waals surface area contributed by atoms with Crippen LogP contribution in [-0.4, -0.2) is 69.9 Å². The molecule has 1 heterocycles. The SMILES string of the molecule is CC(=O)Oc1ccccc1C=NC1O[C@H](CO)[C@H](O)[C@@H](O)[C@H]1O. The number of rotatable bonds is 4. The smallest absolute Gasteiger partial charge is 0.308 e. The number of hydrogen-bond acceptors (Lipinski definition) is 8. The molecule has 0 radical (unpaired) electrons. The Bertz CT molecular complexity index is 575. The molecule has 1 unspecified atom stereocenters. The Morgan fingerprint density at radius 2 is 1.96 bits per heavy atom. The van der Waals surface area contributed by atoms with Crippen molar-refractivity contribution in [2.75, 3.05) is 6.61 Å². The first-order valence-electron chi connectivity index (χ1n) is 7.05. The summed E-state index contributed by atoms with van der Waals surface area (Å²) in [4.78, 5) is 15.1. The molecule has 2 rings (SSSR count). The van der Waals surface area contributed by atoms with Crippen LogP contribution in [0.5, 0.6) is 5.75 Å². The summed E-state index contributed by atoms with van der Waals surface area (Å²) >= 11 is 0. The summed E-state index contributed by atoms with van der Waals surface area (Å²) in [6.45, 7) is 0.743. The second-order valence-electron chi connectivity index (χ2n) is 5.13. The first kappa shape index (κ1) is 17.5. The van der Waals surface area contributed by atoms with Crippen molar-refractivity contribution in [3.8, 4) is 5.75 Å². The van der Waals surface area contributed by atoms with Crippen molar-refractivity contribution in [3.63, 3.8) is 0 Å². The molecular weight excluding hydrogens is 306 g/mol. The monoisotopic (exact) mass is 325 g/mol. The van der Waals surface area contributed by atoms with Crippen LogP contribution in [0.3, 0.4) is 0 Å². The van der Waals surface area contributed by atoms with Gasteiger partial charge in [0.1, 0.15) is 30.2 Å². The van der Waals surface area contributed by atoms with Gasteiger partial charge in [0.05, 0.1) is 6.61 Å². The topological polar surface area (TPSA) is 129 Å². The quantitative estimate of drug-likeness (QED) is 0.312. The van der Waals surface area contributed by atoms with Crippen molar-refractivity contribution in [1.29, 1.82) is 0 Å². The summed E-state index contributed by atoms with van der Waals surface area (Å²) in [5.41, 5.74) is 0.472. The fraction of sp³-hybridized carbons (Fsp3) is 0.467. The van der Waals surface area contributed by atoms with Crippen molar-refractivity contribution in [2.24, 2.45) is 4.99 Å². The molecule has 23 heavy (non-hydrogen) atoms. The molecule has 4 N–H and O–H groups in total. The molecule has 0 saturated carbocycles. The maximum atomic E-state index is 11.1. The highest BCUT2D eigenvalue weighted by Crippen LogP contribution is 2.23. The van der Waals surface area contributed by atoms with Gasteiger partial charge in [-0.15, -0.1) is 0 Å². The van der Waals surface area contributed by atoms with Gasteiger partial charge >= 0.3 is 5.97 Å². The van der Waals surface area contributed by atoms with Gasteiger partial charge in [0.25, 0.3) is 0 Å². The first-order valence-corrected chi connectivity index (χ1v) is 7.05. The standard InChI is InChI=1S/C15H19NO7/c1-8(18)22-10-5-3-2-4-9(10)6-16-15-14(21)13(20)12(19)11(7-17)23-15/h2-6,11-15,17,19-21H,7H2,1H3/t11-,12+,13-,14-,15?/m1/s1. The van der Waals surface area contributed by atoms with Crippen molar-refractivity contribution in [3.05, 3.63) is 29.8 Å². The molecule has 8 nitrogen and oxygen atoms in total. The van der Waals surface area contributed by atoms with E-state index in [-0.39, 0.29) is 5.75 Å². The fourth-order valence-corrected chi connectivity index (χ4v) is 2.19. The third-order valence-electron chi connectivity index (χ3n) is 3.40. The lowest BCUT2D eigenvalue weighted by Gasteiger charge is -2.38. The van der Waals surface area contributed by atoms with Crippen molar-refractivity contribution >= 4 is 12.2 Å². The van der Waals surface area contributed by atoms with Gasteiger partial charge in [-0.05, 0) is 12.1 Å². The van der Waals surface area contributed by atoms with Gasteiger partial charge in [0.2, 0.25) is 0 Å². The zero-order chi connectivity index (χ0) is 17.0. The fourth-order valence-electron chi connectivity index (χ4n) is 2.19. The minimum absolute atomic E-state index is 0.286. The van der Waals surface area contributed by atoms with E-state index in [0.717, 1.165) is 0 Å². The van der Waals surface area contributed by atoms with E-state index in [1.807, 2.05) is 0 Å². The number of ether oxygens (including phenoxy) is 2. The van der Waals surface area contributed by atoms with E-state index in [2.05, 4.69) is 4.99 Å². The van der Waals surface area contributed by atoms with Crippen LogP contribution in [0, 0.1) is 0 Å². The van der Waals surface area contributed by atoms with Crippen LogP contribution in [0.2, 0.25) is 0 Å². The minimum atomic E-state index is -1.49. The lowest BCUT2D eigenvalue weighted by Crippen LogP contribution is -2.57. The van der Waals surface area contributed by atoms with E-state index in [9.17, 15) is 20.1 Å². The summed E-state index contributed by atoms with van der Waals surface area (Å²) < 4.78 is 10.3. The molecule has 0 amide bonds. The third kappa shape index (κ3) is 4.12. The van der Waals surface area contributed by atoms with E-state index in [1.54, 1.807) is 24.3 Å². The summed E-state index contributed by atoms with van der Waals surface area (Å²) in [5, 5.41) is 38.4. The van der Waals surface area contributed by atoms with Crippen LogP contribution >= 0.6 is 0 Å². The van der Waals surface area contributed by atoms with Gasteiger partial charge in [0.15, 0.2) is 6.23 Å². The summed E-state index contributed by atoms with van der Waals surface area (Å²) in [5.74, 6) is -0.202. The van der Waals surface area contributed by atoms with Gasteiger partial charge in [-0.1, -0.05) is 12.1 Å². The maximum Gasteiger partial charge on any atom is 0.308 e. The number of hydrogen-bond donors (Lipinski definition) is 4. The Kier molecular flexibility index (Phi) is 5.80. The average Bonchev–Trinajstić information content (AvgIpc) is 2.53. The molecule has 1 aliphatic heterocycles. The number of para-hydroxylation sites is 1. The zero-order valence-electron chi connectivity index (χ0n) is 12.4. The molecule has 0 bridgehead atoms. The van der Waals surface area contributed by atoms with Crippen LogP contribution in [0.1, 0.15) is 12.5 Å². The van der Waals surface area contributed by atoms with E-state index in [1.165, 1.54) is 13.1 Å². The van der Waals surface area contributed by atoms with Crippen LogP contribution in [-0.2, 0) is 9.53 Å². The number of nitrogens with zero attached hydrogens (tertiary/aromatic N) is 1. The molecule has 1 aromatic rings. The van der Waals surface area contributed by atoms with Gasteiger partial charge in [-0.2, -0.15) is 0 Å². The van der Waals surface area contributed by atoms with E-state index >= 15 is 0 Å². The predicted molar refractivity (Wildman–Crippen MR) is 79.1 cm³/mol. The molecule has 0 spiro atoms. The molecular formula is C15H19NO7. The molecule has 126 valence electrons. The van der Waals surface area contributed by atoms with Gasteiger partial charge in [-0.3, -0.25) is 9.79 Å². The normalized spacial score (nSPS) is 31.3. The molecule has 0 aliphatic carbocycles. The number of benzene rings is 1. The van der Waals surface area contributed by atoms with Crippen LogP contribution in [0.15, 0.2) is 29.3 Å². The Hall–Kier alpha value is -1.84. The van der Waals surface area contributed by atoms with Crippen molar-refractivity contribution < 1.29 is 34.7 Å². The van der Waals surface area contributed by atoms with Gasteiger partial charge in [0, 0.05) is 18.7 Å².